The van der Waals surface area contributed by atoms with E-state index in [1.54, 1.807) is 6.08 Å². The SMILES string of the molecule is CC/C=C/CC(O)/C=C/C=C/CCCCCCCC(=O)OC[C@H](O)COC(=O)CCCCCCCCCCC(C)C. The van der Waals surface area contributed by atoms with E-state index in [2.05, 4.69) is 32.9 Å². The number of hydrogen-bond acceptors (Lipinski definition) is 6. The number of hydrogen-bond donors (Lipinski definition) is 2. The average Bonchev–Trinajstić information content (AvgIpc) is 2.94. The van der Waals surface area contributed by atoms with Gasteiger partial charge in [-0.25, -0.2) is 0 Å². The second-order valence-electron chi connectivity index (χ2n) is 11.6. The molecule has 0 aliphatic carbocycles. The molecule has 0 amide bonds. The normalized spacial score (nSPS) is 13.5. The van der Waals surface area contributed by atoms with E-state index in [1.807, 2.05) is 18.2 Å². The van der Waals surface area contributed by atoms with Gasteiger partial charge in [-0.15, -0.1) is 0 Å². The van der Waals surface area contributed by atoms with E-state index in [0.29, 0.717) is 19.3 Å². The Balaban J connectivity index is 3.55. The Morgan fingerprint density at radius 1 is 0.659 bits per heavy atom. The van der Waals surface area contributed by atoms with Crippen LogP contribution >= 0.6 is 0 Å². The Kier molecular flexibility index (Phi) is 28.2. The van der Waals surface area contributed by atoms with E-state index in [9.17, 15) is 19.8 Å². The van der Waals surface area contributed by atoms with Crippen molar-refractivity contribution in [1.82, 2.24) is 0 Å². The highest BCUT2D eigenvalue weighted by Crippen LogP contribution is 2.13. The third-order valence-electron chi connectivity index (χ3n) is 6.90. The third-order valence-corrected chi connectivity index (χ3v) is 6.90. The molecule has 0 aromatic carbocycles. The molecule has 0 spiro atoms. The van der Waals surface area contributed by atoms with Crippen LogP contribution in [-0.4, -0.2) is 47.6 Å². The summed E-state index contributed by atoms with van der Waals surface area (Å²) in [4.78, 5) is 23.8. The molecule has 0 bridgehead atoms. The second-order valence-corrected chi connectivity index (χ2v) is 11.6. The van der Waals surface area contributed by atoms with E-state index in [-0.39, 0.29) is 25.2 Å². The lowest BCUT2D eigenvalue weighted by Crippen LogP contribution is -2.25. The zero-order valence-electron chi connectivity index (χ0n) is 26.6. The van der Waals surface area contributed by atoms with E-state index >= 15 is 0 Å². The molecular formula is C35H62O6. The molecule has 0 aromatic heterocycles. The lowest BCUT2D eigenvalue weighted by molar-refractivity contribution is -0.152. The molecule has 2 N–H and O–H groups in total. The van der Waals surface area contributed by atoms with Crippen molar-refractivity contribution in [2.45, 2.75) is 155 Å². The van der Waals surface area contributed by atoms with Gasteiger partial charge in [0.2, 0.25) is 0 Å². The van der Waals surface area contributed by atoms with Crippen molar-refractivity contribution < 1.29 is 29.3 Å². The predicted octanol–water partition coefficient (Wildman–Crippen LogP) is 8.55. The lowest BCUT2D eigenvalue weighted by atomic mass is 10.0. The zero-order valence-corrected chi connectivity index (χ0v) is 26.6. The summed E-state index contributed by atoms with van der Waals surface area (Å²) < 4.78 is 10.2. The highest BCUT2D eigenvalue weighted by molar-refractivity contribution is 5.69. The van der Waals surface area contributed by atoms with E-state index in [1.165, 1.54) is 38.5 Å². The summed E-state index contributed by atoms with van der Waals surface area (Å²) in [7, 11) is 0. The van der Waals surface area contributed by atoms with Gasteiger partial charge < -0.3 is 19.7 Å². The van der Waals surface area contributed by atoms with Crippen LogP contribution in [0.2, 0.25) is 0 Å². The standard InChI is InChI=1S/C35H62O6/c1-4-5-19-25-32(36)26-21-16-12-7-6-8-13-17-22-27-34(38)40-29-33(37)30-41-35(39)28-23-18-14-10-9-11-15-20-24-31(2)3/h5,12,16,19,21,26,31-33,36-37H,4,6-11,13-15,17-18,20,22-25,27-30H2,1-3H3/b16-12+,19-5+,26-21+/t32?,33-/m0/s1. The number of aliphatic hydroxyl groups excluding tert-OH is 2. The van der Waals surface area contributed by atoms with Gasteiger partial charge in [0, 0.05) is 12.8 Å². The van der Waals surface area contributed by atoms with E-state index in [4.69, 9.17) is 9.47 Å². The Morgan fingerprint density at radius 3 is 1.71 bits per heavy atom. The summed E-state index contributed by atoms with van der Waals surface area (Å²) in [6.07, 6.45) is 29.6. The number of carbonyl (C=O) groups excluding carboxylic acids is 2. The molecule has 0 saturated heterocycles. The first-order valence-electron chi connectivity index (χ1n) is 16.5. The Morgan fingerprint density at radius 2 is 1.17 bits per heavy atom. The monoisotopic (exact) mass is 578 g/mol. The zero-order chi connectivity index (χ0) is 30.4. The van der Waals surface area contributed by atoms with Crippen molar-refractivity contribution in [1.29, 1.82) is 0 Å². The molecule has 0 aromatic rings. The minimum atomic E-state index is -0.984. The fraction of sp³-hybridized carbons (Fsp3) is 0.771. The van der Waals surface area contributed by atoms with Gasteiger partial charge in [0.25, 0.3) is 0 Å². The maximum atomic E-state index is 11.9. The lowest BCUT2D eigenvalue weighted by Gasteiger charge is -2.12. The number of aliphatic hydroxyl groups is 2. The fourth-order valence-corrected chi connectivity index (χ4v) is 4.36. The smallest absolute Gasteiger partial charge is 0.305 e. The largest absolute Gasteiger partial charge is 0.463 e. The molecule has 0 aliphatic heterocycles. The average molecular weight is 579 g/mol. The summed E-state index contributed by atoms with van der Waals surface area (Å²) in [6.45, 7) is 6.35. The summed E-state index contributed by atoms with van der Waals surface area (Å²) in [5.41, 5.74) is 0. The van der Waals surface area contributed by atoms with Gasteiger partial charge in [0.1, 0.15) is 19.3 Å². The molecule has 41 heavy (non-hydrogen) atoms. The number of unbranched alkanes of at least 4 members (excludes halogenated alkanes) is 12. The molecule has 2 atom stereocenters. The van der Waals surface area contributed by atoms with Crippen molar-refractivity contribution in [3.63, 3.8) is 0 Å². The molecule has 0 saturated carbocycles. The quantitative estimate of drug-likeness (QED) is 0.0418. The summed E-state index contributed by atoms with van der Waals surface area (Å²) in [5.74, 6) is 0.179. The number of carbonyl (C=O) groups is 2. The van der Waals surface area contributed by atoms with Crippen LogP contribution in [0.5, 0.6) is 0 Å². The van der Waals surface area contributed by atoms with Gasteiger partial charge in [-0.1, -0.05) is 128 Å². The molecule has 0 radical (unpaired) electrons. The highest BCUT2D eigenvalue weighted by Gasteiger charge is 2.12. The number of esters is 2. The molecule has 0 aliphatic rings. The van der Waals surface area contributed by atoms with Crippen LogP contribution in [0.4, 0.5) is 0 Å². The van der Waals surface area contributed by atoms with Crippen molar-refractivity contribution in [3.05, 3.63) is 36.5 Å². The van der Waals surface area contributed by atoms with E-state index in [0.717, 1.165) is 70.1 Å². The molecule has 1 unspecified atom stereocenters. The van der Waals surface area contributed by atoms with Gasteiger partial charge in [0.05, 0.1) is 6.10 Å². The first kappa shape index (κ1) is 39.1. The number of ether oxygens (including phenoxy) is 2. The van der Waals surface area contributed by atoms with Crippen molar-refractivity contribution >= 4 is 11.9 Å². The van der Waals surface area contributed by atoms with E-state index < -0.39 is 12.2 Å². The first-order chi connectivity index (χ1) is 19.8. The van der Waals surface area contributed by atoms with Crippen LogP contribution in [0.1, 0.15) is 143 Å². The molecule has 0 fully saturated rings. The van der Waals surface area contributed by atoms with Gasteiger partial charge in [-0.05, 0) is 44.4 Å². The Labute approximate surface area is 251 Å². The molecule has 238 valence electrons. The predicted molar refractivity (Wildman–Crippen MR) is 170 cm³/mol. The summed E-state index contributed by atoms with van der Waals surface area (Å²) >= 11 is 0. The van der Waals surface area contributed by atoms with Crippen LogP contribution in [0.3, 0.4) is 0 Å². The Bertz CT molecular complexity index is 697. The highest BCUT2D eigenvalue weighted by atomic mass is 16.6. The van der Waals surface area contributed by atoms with Crippen molar-refractivity contribution in [2.24, 2.45) is 5.92 Å². The van der Waals surface area contributed by atoms with Gasteiger partial charge in [0.15, 0.2) is 0 Å². The van der Waals surface area contributed by atoms with Crippen LogP contribution in [0, 0.1) is 5.92 Å². The molecule has 0 rings (SSSR count). The maximum Gasteiger partial charge on any atom is 0.305 e. The fourth-order valence-electron chi connectivity index (χ4n) is 4.36. The van der Waals surface area contributed by atoms with Crippen LogP contribution in [-0.2, 0) is 19.1 Å². The summed E-state index contributed by atoms with van der Waals surface area (Å²) in [6, 6.07) is 0. The van der Waals surface area contributed by atoms with Crippen molar-refractivity contribution in [2.75, 3.05) is 13.2 Å². The van der Waals surface area contributed by atoms with Gasteiger partial charge in [-0.2, -0.15) is 0 Å². The van der Waals surface area contributed by atoms with Crippen LogP contribution in [0.15, 0.2) is 36.5 Å². The molecule has 0 heterocycles. The Hall–Kier alpha value is -1.92. The minimum Gasteiger partial charge on any atom is -0.463 e. The minimum absolute atomic E-state index is 0.135. The van der Waals surface area contributed by atoms with Gasteiger partial charge in [-0.3, -0.25) is 9.59 Å². The topological polar surface area (TPSA) is 93.1 Å². The van der Waals surface area contributed by atoms with Gasteiger partial charge >= 0.3 is 11.9 Å². The third kappa shape index (κ3) is 30.9. The first-order valence-corrected chi connectivity index (χ1v) is 16.5. The second kappa shape index (κ2) is 29.6. The summed E-state index contributed by atoms with van der Waals surface area (Å²) in [5, 5.41) is 19.7. The molecule has 6 heteroatoms. The molecular weight excluding hydrogens is 516 g/mol. The number of rotatable bonds is 28. The van der Waals surface area contributed by atoms with Crippen molar-refractivity contribution in [3.8, 4) is 0 Å². The van der Waals surface area contributed by atoms with Crippen LogP contribution in [0.25, 0.3) is 0 Å². The molecule has 6 nitrogen and oxygen atoms in total. The maximum absolute atomic E-state index is 11.9. The van der Waals surface area contributed by atoms with Crippen LogP contribution < -0.4 is 0 Å². The number of allylic oxidation sites excluding steroid dienone is 4.